The molecule has 130 valence electrons. The quantitative estimate of drug-likeness (QED) is 0.715. The third-order valence-corrected chi connectivity index (χ3v) is 6.42. The third kappa shape index (κ3) is 6.12. The summed E-state index contributed by atoms with van der Waals surface area (Å²) in [6.07, 6.45) is 1.10. The summed E-state index contributed by atoms with van der Waals surface area (Å²) in [5.74, 6) is -0.144. The Morgan fingerprint density at radius 3 is 2.32 bits per heavy atom. The molecule has 7 heteroatoms. The Kier molecular flexibility index (Phi) is 6.27. The van der Waals surface area contributed by atoms with Crippen molar-refractivity contribution in [3.8, 4) is 0 Å². The predicted molar refractivity (Wildman–Crippen MR) is 87.9 cm³/mol. The van der Waals surface area contributed by atoms with E-state index in [9.17, 15) is 13.2 Å². The molecule has 0 radical (unpaired) electrons. The van der Waals surface area contributed by atoms with Crippen LogP contribution in [0.3, 0.4) is 0 Å². The van der Waals surface area contributed by atoms with Crippen molar-refractivity contribution in [1.29, 1.82) is 0 Å². The lowest BCUT2D eigenvalue weighted by Crippen LogP contribution is -2.53. The molecule has 1 saturated carbocycles. The number of nitrogens with one attached hydrogen (secondary N) is 2. The van der Waals surface area contributed by atoms with E-state index >= 15 is 0 Å². The van der Waals surface area contributed by atoms with Crippen molar-refractivity contribution in [2.45, 2.75) is 76.8 Å². The largest absolute Gasteiger partial charge is 0.465 e. The highest BCUT2D eigenvalue weighted by molar-refractivity contribution is 7.91. The number of amides is 1. The van der Waals surface area contributed by atoms with Crippen molar-refractivity contribution < 1.29 is 18.3 Å². The lowest BCUT2D eigenvalue weighted by atomic mass is 9.82. The summed E-state index contributed by atoms with van der Waals surface area (Å²) < 4.78 is 24.5. The number of hydrogen-bond acceptors (Lipinski definition) is 4. The van der Waals surface area contributed by atoms with Gasteiger partial charge in [-0.25, -0.2) is 13.2 Å². The van der Waals surface area contributed by atoms with Gasteiger partial charge >= 0.3 is 6.09 Å². The van der Waals surface area contributed by atoms with E-state index in [1.807, 2.05) is 0 Å². The van der Waals surface area contributed by atoms with E-state index in [0.29, 0.717) is 12.8 Å². The first-order chi connectivity index (χ1) is 9.90. The maximum atomic E-state index is 12.2. The topological polar surface area (TPSA) is 95.5 Å². The molecule has 3 N–H and O–H groups in total. The van der Waals surface area contributed by atoms with E-state index in [2.05, 4.69) is 31.4 Å². The van der Waals surface area contributed by atoms with Crippen molar-refractivity contribution in [3.05, 3.63) is 0 Å². The molecule has 1 aliphatic rings. The van der Waals surface area contributed by atoms with Crippen molar-refractivity contribution in [2.75, 3.05) is 5.75 Å². The molecule has 0 aliphatic heterocycles. The van der Waals surface area contributed by atoms with Gasteiger partial charge in [0.15, 0.2) is 9.84 Å². The molecule has 0 heterocycles. The first kappa shape index (κ1) is 19.2. The molecular weight excluding hydrogens is 304 g/mol. The Labute approximate surface area is 134 Å². The second-order valence-corrected chi connectivity index (χ2v) is 10.2. The standard InChI is InChI=1S/C15H30N2O4S/c1-10(2)22(20,21)9-11-8-12(17-15(3,4)5)6-7-13(11)16-14(18)19/h10-13,16-17H,6-9H2,1-5H3,(H,18,19)/t11-,12+,13-/m0/s1. The number of carboxylic acid groups (broad SMARTS) is 1. The van der Waals surface area contributed by atoms with Gasteiger partial charge in [0.1, 0.15) is 0 Å². The van der Waals surface area contributed by atoms with Crippen molar-refractivity contribution in [2.24, 2.45) is 5.92 Å². The van der Waals surface area contributed by atoms with E-state index in [0.717, 1.165) is 6.42 Å². The lowest BCUT2D eigenvalue weighted by molar-refractivity contribution is 0.167. The van der Waals surface area contributed by atoms with Crippen LogP contribution < -0.4 is 10.6 Å². The highest BCUT2D eigenvalue weighted by Crippen LogP contribution is 2.28. The maximum absolute atomic E-state index is 12.2. The van der Waals surface area contributed by atoms with Gasteiger partial charge in [-0.1, -0.05) is 0 Å². The molecule has 0 spiro atoms. The van der Waals surface area contributed by atoms with Gasteiger partial charge < -0.3 is 15.7 Å². The molecular formula is C15H30N2O4S. The van der Waals surface area contributed by atoms with Crippen molar-refractivity contribution in [3.63, 3.8) is 0 Å². The summed E-state index contributed by atoms with van der Waals surface area (Å²) >= 11 is 0. The monoisotopic (exact) mass is 334 g/mol. The molecule has 22 heavy (non-hydrogen) atoms. The van der Waals surface area contributed by atoms with Crippen LogP contribution in [-0.2, 0) is 9.84 Å². The normalized spacial score (nSPS) is 26.9. The van der Waals surface area contributed by atoms with E-state index in [-0.39, 0.29) is 29.3 Å². The molecule has 0 saturated heterocycles. The molecule has 1 fully saturated rings. The molecule has 0 aromatic heterocycles. The smallest absolute Gasteiger partial charge is 0.404 e. The van der Waals surface area contributed by atoms with Crippen LogP contribution in [-0.4, -0.2) is 48.2 Å². The molecule has 1 aliphatic carbocycles. The van der Waals surface area contributed by atoms with Gasteiger partial charge in [-0.05, 0) is 59.8 Å². The second-order valence-electron chi connectivity index (χ2n) is 7.60. The zero-order valence-corrected chi connectivity index (χ0v) is 15.0. The van der Waals surface area contributed by atoms with Gasteiger partial charge in [0.05, 0.1) is 11.0 Å². The van der Waals surface area contributed by atoms with Crippen LogP contribution in [0.4, 0.5) is 4.79 Å². The molecule has 0 bridgehead atoms. The zero-order valence-electron chi connectivity index (χ0n) is 14.2. The third-order valence-electron chi connectivity index (χ3n) is 4.09. The number of sulfone groups is 1. The number of rotatable bonds is 5. The van der Waals surface area contributed by atoms with Gasteiger partial charge in [0.25, 0.3) is 0 Å². The van der Waals surface area contributed by atoms with Crippen LogP contribution in [0.25, 0.3) is 0 Å². The van der Waals surface area contributed by atoms with Crippen molar-refractivity contribution in [1.82, 2.24) is 10.6 Å². The summed E-state index contributed by atoms with van der Waals surface area (Å²) in [6, 6.07) is -0.0664. The minimum atomic E-state index is -3.19. The number of hydrogen-bond donors (Lipinski definition) is 3. The van der Waals surface area contributed by atoms with Gasteiger partial charge in [0.2, 0.25) is 0 Å². The minimum absolute atomic E-state index is 0.0396. The van der Waals surface area contributed by atoms with Crippen LogP contribution in [0.1, 0.15) is 53.9 Å². The Morgan fingerprint density at radius 2 is 1.86 bits per heavy atom. The fourth-order valence-electron chi connectivity index (χ4n) is 3.03. The highest BCUT2D eigenvalue weighted by Gasteiger charge is 2.36. The first-order valence-electron chi connectivity index (χ1n) is 7.89. The van der Waals surface area contributed by atoms with Gasteiger partial charge in [-0.3, -0.25) is 0 Å². The van der Waals surface area contributed by atoms with Gasteiger partial charge in [0, 0.05) is 17.6 Å². The van der Waals surface area contributed by atoms with Crippen LogP contribution in [0.2, 0.25) is 0 Å². The zero-order chi connectivity index (χ0) is 17.1. The van der Waals surface area contributed by atoms with E-state index in [4.69, 9.17) is 5.11 Å². The second kappa shape index (κ2) is 7.17. The summed E-state index contributed by atoms with van der Waals surface area (Å²) in [7, 11) is -3.19. The molecule has 6 nitrogen and oxygen atoms in total. The van der Waals surface area contributed by atoms with Crippen LogP contribution in [0.15, 0.2) is 0 Å². The molecule has 0 aromatic rings. The Morgan fingerprint density at radius 1 is 1.27 bits per heavy atom. The average Bonchev–Trinajstić information content (AvgIpc) is 2.29. The summed E-state index contributed by atoms with van der Waals surface area (Å²) in [4.78, 5) is 10.9. The summed E-state index contributed by atoms with van der Waals surface area (Å²) in [6.45, 7) is 9.57. The van der Waals surface area contributed by atoms with Crippen LogP contribution in [0.5, 0.6) is 0 Å². The Hall–Kier alpha value is -0.820. The van der Waals surface area contributed by atoms with Crippen LogP contribution in [0, 0.1) is 5.92 Å². The first-order valence-corrected chi connectivity index (χ1v) is 9.61. The molecule has 1 amide bonds. The SMILES string of the molecule is CC(C)S(=O)(=O)C[C@@H]1C[C@H](NC(C)(C)C)CC[C@@H]1NC(=O)O. The van der Waals surface area contributed by atoms with E-state index in [1.54, 1.807) is 13.8 Å². The molecule has 0 unspecified atom stereocenters. The van der Waals surface area contributed by atoms with E-state index in [1.165, 1.54) is 0 Å². The highest BCUT2D eigenvalue weighted by atomic mass is 32.2. The van der Waals surface area contributed by atoms with Gasteiger partial charge in [-0.15, -0.1) is 0 Å². The van der Waals surface area contributed by atoms with Gasteiger partial charge in [-0.2, -0.15) is 0 Å². The van der Waals surface area contributed by atoms with Crippen molar-refractivity contribution >= 4 is 15.9 Å². The summed E-state index contributed by atoms with van der Waals surface area (Å²) in [5, 5.41) is 14.5. The molecule has 3 atom stereocenters. The minimum Gasteiger partial charge on any atom is -0.465 e. The Balaban J connectivity index is 2.84. The maximum Gasteiger partial charge on any atom is 0.404 e. The van der Waals surface area contributed by atoms with E-state index < -0.39 is 21.2 Å². The average molecular weight is 334 g/mol. The molecule has 0 aromatic carbocycles. The molecule has 1 rings (SSSR count). The summed E-state index contributed by atoms with van der Waals surface area (Å²) in [5.41, 5.74) is -0.0425. The fourth-order valence-corrected chi connectivity index (χ4v) is 4.38. The lowest BCUT2D eigenvalue weighted by Gasteiger charge is -2.39. The number of carbonyl (C=O) groups is 1. The predicted octanol–water partition coefficient (Wildman–Crippen LogP) is 2.00. The fraction of sp³-hybridized carbons (Fsp3) is 0.933. The Bertz CT molecular complexity index is 482. The van der Waals surface area contributed by atoms with Crippen LogP contribution >= 0.6 is 0 Å².